The molecule has 0 radical (unpaired) electrons. The van der Waals surface area contributed by atoms with Crippen LogP contribution in [-0.2, 0) is 11.2 Å². The molecule has 0 bridgehead atoms. The van der Waals surface area contributed by atoms with Crippen LogP contribution in [0, 0.1) is 0 Å². The summed E-state index contributed by atoms with van der Waals surface area (Å²) in [5, 5.41) is 0. The number of rotatable bonds is 6. The summed E-state index contributed by atoms with van der Waals surface area (Å²) in [5.74, 6) is 6.68. The number of hydrogen-bond acceptors (Lipinski definition) is 5. The molecule has 3 N–H and O–H groups in total. The van der Waals surface area contributed by atoms with E-state index in [1.807, 2.05) is 0 Å². The van der Waals surface area contributed by atoms with Gasteiger partial charge < -0.3 is 14.2 Å². The standard InChI is InChI=1S/C12H18N2O4/c1-16-8-6-10(17-2)9(11(7-8)18-3)4-5-12(15)14-13/h6-7H,4-5,13H2,1-3H3,(H,14,15). The third kappa shape index (κ3) is 3.27. The lowest BCUT2D eigenvalue weighted by Crippen LogP contribution is -2.30. The number of benzene rings is 1. The maximum absolute atomic E-state index is 11.2. The van der Waals surface area contributed by atoms with Gasteiger partial charge in [-0.05, 0) is 6.42 Å². The van der Waals surface area contributed by atoms with Crippen LogP contribution in [0.5, 0.6) is 17.2 Å². The average Bonchev–Trinajstić information content (AvgIpc) is 2.43. The van der Waals surface area contributed by atoms with Crippen LogP contribution in [0.15, 0.2) is 12.1 Å². The number of carbonyl (C=O) groups is 1. The van der Waals surface area contributed by atoms with Crippen LogP contribution >= 0.6 is 0 Å². The fourth-order valence-corrected chi connectivity index (χ4v) is 1.63. The van der Waals surface area contributed by atoms with Crippen molar-refractivity contribution in [2.24, 2.45) is 5.84 Å². The Kier molecular flexibility index (Phi) is 5.26. The van der Waals surface area contributed by atoms with Crippen LogP contribution in [0.2, 0.25) is 0 Å². The molecule has 1 amide bonds. The second kappa shape index (κ2) is 6.70. The highest BCUT2D eigenvalue weighted by atomic mass is 16.5. The first-order chi connectivity index (χ1) is 8.65. The number of nitrogens with two attached hydrogens (primary N) is 1. The molecule has 0 aromatic heterocycles. The summed E-state index contributed by atoms with van der Waals surface area (Å²) in [7, 11) is 4.68. The molecule has 0 saturated carbocycles. The van der Waals surface area contributed by atoms with Crippen LogP contribution < -0.4 is 25.5 Å². The highest BCUT2D eigenvalue weighted by Crippen LogP contribution is 2.34. The summed E-state index contributed by atoms with van der Waals surface area (Å²) < 4.78 is 15.7. The molecular formula is C12H18N2O4. The van der Waals surface area contributed by atoms with Gasteiger partial charge >= 0.3 is 0 Å². The third-order valence-electron chi connectivity index (χ3n) is 2.58. The number of methoxy groups -OCH3 is 3. The second-order valence-electron chi connectivity index (χ2n) is 3.58. The molecule has 1 aromatic rings. The average molecular weight is 254 g/mol. The summed E-state index contributed by atoms with van der Waals surface area (Å²) in [5.41, 5.74) is 2.90. The van der Waals surface area contributed by atoms with Crippen molar-refractivity contribution in [3.05, 3.63) is 17.7 Å². The molecule has 6 heteroatoms. The number of hydrogen-bond donors (Lipinski definition) is 2. The lowest BCUT2D eigenvalue weighted by Gasteiger charge is -2.14. The van der Waals surface area contributed by atoms with E-state index in [1.54, 1.807) is 33.5 Å². The molecule has 0 unspecified atom stereocenters. The van der Waals surface area contributed by atoms with E-state index in [1.165, 1.54) is 0 Å². The van der Waals surface area contributed by atoms with Crippen LogP contribution in [0.3, 0.4) is 0 Å². The van der Waals surface area contributed by atoms with Gasteiger partial charge in [0, 0.05) is 24.1 Å². The van der Waals surface area contributed by atoms with Crippen molar-refractivity contribution in [3.8, 4) is 17.2 Å². The number of hydrazine groups is 1. The Bertz CT molecular complexity index is 396. The van der Waals surface area contributed by atoms with Gasteiger partial charge in [-0.25, -0.2) is 5.84 Å². The fraction of sp³-hybridized carbons (Fsp3) is 0.417. The van der Waals surface area contributed by atoms with E-state index in [0.717, 1.165) is 5.56 Å². The Morgan fingerprint density at radius 3 is 2.11 bits per heavy atom. The molecule has 0 fully saturated rings. The first-order valence-electron chi connectivity index (χ1n) is 5.44. The predicted molar refractivity (Wildman–Crippen MR) is 66.7 cm³/mol. The molecule has 1 aromatic carbocycles. The fourth-order valence-electron chi connectivity index (χ4n) is 1.63. The Balaban J connectivity index is 3.03. The summed E-state index contributed by atoms with van der Waals surface area (Å²) in [6.45, 7) is 0. The van der Waals surface area contributed by atoms with Crippen molar-refractivity contribution >= 4 is 5.91 Å². The van der Waals surface area contributed by atoms with Crippen molar-refractivity contribution in [3.63, 3.8) is 0 Å². The van der Waals surface area contributed by atoms with Gasteiger partial charge in [0.05, 0.1) is 21.3 Å². The van der Waals surface area contributed by atoms with Gasteiger partial charge in [0.1, 0.15) is 17.2 Å². The molecule has 0 heterocycles. The summed E-state index contributed by atoms with van der Waals surface area (Å²) in [6.07, 6.45) is 0.731. The zero-order valence-electron chi connectivity index (χ0n) is 10.8. The zero-order valence-corrected chi connectivity index (χ0v) is 10.8. The summed E-state index contributed by atoms with van der Waals surface area (Å²) >= 11 is 0. The SMILES string of the molecule is COc1cc(OC)c(CCC(=O)NN)c(OC)c1. The van der Waals surface area contributed by atoms with Gasteiger partial charge in [-0.2, -0.15) is 0 Å². The minimum absolute atomic E-state index is 0.241. The molecule has 6 nitrogen and oxygen atoms in total. The quantitative estimate of drug-likeness (QED) is 0.442. The third-order valence-corrected chi connectivity index (χ3v) is 2.58. The number of carbonyl (C=O) groups excluding carboxylic acids is 1. The van der Waals surface area contributed by atoms with E-state index in [-0.39, 0.29) is 12.3 Å². The second-order valence-corrected chi connectivity index (χ2v) is 3.58. The molecule has 18 heavy (non-hydrogen) atoms. The van der Waals surface area contributed by atoms with Crippen LogP contribution in [0.1, 0.15) is 12.0 Å². The van der Waals surface area contributed by atoms with Gasteiger partial charge in [-0.3, -0.25) is 10.2 Å². The van der Waals surface area contributed by atoms with Gasteiger partial charge in [-0.15, -0.1) is 0 Å². The Morgan fingerprint density at radius 2 is 1.72 bits per heavy atom. The molecule has 100 valence electrons. The first kappa shape index (κ1) is 14.1. The van der Waals surface area contributed by atoms with E-state index >= 15 is 0 Å². The normalized spacial score (nSPS) is 9.78. The van der Waals surface area contributed by atoms with E-state index < -0.39 is 0 Å². The van der Waals surface area contributed by atoms with Gasteiger partial charge in [0.25, 0.3) is 0 Å². The number of nitrogens with one attached hydrogen (secondary N) is 1. The van der Waals surface area contributed by atoms with E-state index in [0.29, 0.717) is 23.7 Å². The smallest absolute Gasteiger partial charge is 0.234 e. The Hall–Kier alpha value is -1.95. The van der Waals surface area contributed by atoms with E-state index in [2.05, 4.69) is 5.43 Å². The van der Waals surface area contributed by atoms with Crippen LogP contribution in [0.4, 0.5) is 0 Å². The minimum atomic E-state index is -0.241. The molecule has 0 aliphatic rings. The molecular weight excluding hydrogens is 236 g/mol. The van der Waals surface area contributed by atoms with Crippen molar-refractivity contribution in [1.82, 2.24) is 5.43 Å². The maximum atomic E-state index is 11.2. The predicted octanol–water partition coefficient (Wildman–Crippen LogP) is 0.635. The number of ether oxygens (including phenoxy) is 3. The van der Waals surface area contributed by atoms with E-state index in [9.17, 15) is 4.79 Å². The summed E-state index contributed by atoms with van der Waals surface area (Å²) in [6, 6.07) is 3.50. The van der Waals surface area contributed by atoms with Crippen LogP contribution in [0.25, 0.3) is 0 Å². The largest absolute Gasteiger partial charge is 0.496 e. The Morgan fingerprint density at radius 1 is 1.17 bits per heavy atom. The lowest BCUT2D eigenvalue weighted by molar-refractivity contribution is -0.121. The minimum Gasteiger partial charge on any atom is -0.496 e. The molecule has 0 spiro atoms. The van der Waals surface area contributed by atoms with Crippen molar-refractivity contribution in [2.75, 3.05) is 21.3 Å². The van der Waals surface area contributed by atoms with Gasteiger partial charge in [-0.1, -0.05) is 0 Å². The Labute approximate surface area is 106 Å². The van der Waals surface area contributed by atoms with Crippen molar-refractivity contribution < 1.29 is 19.0 Å². The van der Waals surface area contributed by atoms with E-state index in [4.69, 9.17) is 20.1 Å². The first-order valence-corrected chi connectivity index (χ1v) is 5.44. The maximum Gasteiger partial charge on any atom is 0.234 e. The number of amides is 1. The molecule has 1 rings (SSSR count). The van der Waals surface area contributed by atoms with Crippen molar-refractivity contribution in [1.29, 1.82) is 0 Å². The van der Waals surface area contributed by atoms with Crippen LogP contribution in [-0.4, -0.2) is 27.2 Å². The molecule has 0 atom stereocenters. The van der Waals surface area contributed by atoms with Crippen molar-refractivity contribution in [2.45, 2.75) is 12.8 Å². The highest BCUT2D eigenvalue weighted by molar-refractivity contribution is 5.75. The molecule has 0 aliphatic carbocycles. The molecule has 0 saturated heterocycles. The highest BCUT2D eigenvalue weighted by Gasteiger charge is 2.14. The zero-order chi connectivity index (χ0) is 13.5. The topological polar surface area (TPSA) is 82.8 Å². The van der Waals surface area contributed by atoms with Gasteiger partial charge in [0.15, 0.2) is 0 Å². The summed E-state index contributed by atoms with van der Waals surface area (Å²) in [4.78, 5) is 11.2. The monoisotopic (exact) mass is 254 g/mol. The van der Waals surface area contributed by atoms with Gasteiger partial charge in [0.2, 0.25) is 5.91 Å². The molecule has 0 aliphatic heterocycles. The lowest BCUT2D eigenvalue weighted by atomic mass is 10.1.